The first-order chi connectivity index (χ1) is 14.4. The number of Topliss-reactive ketones (excluding diaryl/α,β-unsaturated/α-hetero) is 1. The zero-order valence-corrected chi connectivity index (χ0v) is 17.0. The third-order valence-electron chi connectivity index (χ3n) is 5.03. The molecule has 152 valence electrons. The maximum absolute atomic E-state index is 13.0. The van der Waals surface area contributed by atoms with Crippen molar-refractivity contribution in [2.24, 2.45) is 0 Å². The molecule has 2 heterocycles. The summed E-state index contributed by atoms with van der Waals surface area (Å²) in [6, 6.07) is 14.0. The van der Waals surface area contributed by atoms with E-state index in [1.807, 2.05) is 6.92 Å². The van der Waals surface area contributed by atoms with Gasteiger partial charge in [0.05, 0.1) is 18.9 Å². The normalized spacial score (nSPS) is 18.1. The lowest BCUT2D eigenvalue weighted by molar-refractivity contribution is -0.132. The number of anilines is 1. The van der Waals surface area contributed by atoms with Gasteiger partial charge in [-0.15, -0.1) is 0 Å². The molecule has 0 spiro atoms. The molecular formula is C23H18ClNO5. The number of benzene rings is 2. The van der Waals surface area contributed by atoms with Crippen LogP contribution in [0.3, 0.4) is 0 Å². The Hall–Kier alpha value is -3.51. The van der Waals surface area contributed by atoms with E-state index in [0.717, 1.165) is 5.56 Å². The summed E-state index contributed by atoms with van der Waals surface area (Å²) < 4.78 is 10.8. The lowest BCUT2D eigenvalue weighted by Crippen LogP contribution is -2.29. The highest BCUT2D eigenvalue weighted by Gasteiger charge is 2.48. The Morgan fingerprint density at radius 3 is 2.47 bits per heavy atom. The van der Waals surface area contributed by atoms with E-state index in [1.54, 1.807) is 61.7 Å². The smallest absolute Gasteiger partial charge is 0.300 e. The lowest BCUT2D eigenvalue weighted by atomic mass is 9.98. The topological polar surface area (TPSA) is 80.0 Å². The average molecular weight is 424 g/mol. The van der Waals surface area contributed by atoms with Gasteiger partial charge in [0.15, 0.2) is 0 Å². The zero-order chi connectivity index (χ0) is 21.4. The van der Waals surface area contributed by atoms with Gasteiger partial charge in [0.25, 0.3) is 11.7 Å². The Morgan fingerprint density at radius 1 is 1.13 bits per heavy atom. The Labute approximate surface area is 177 Å². The number of halogens is 1. The van der Waals surface area contributed by atoms with Crippen molar-refractivity contribution in [2.75, 3.05) is 12.0 Å². The number of hydrogen-bond donors (Lipinski definition) is 1. The highest BCUT2D eigenvalue weighted by atomic mass is 35.5. The molecule has 1 atom stereocenters. The van der Waals surface area contributed by atoms with Crippen molar-refractivity contribution in [3.63, 3.8) is 0 Å². The van der Waals surface area contributed by atoms with Crippen molar-refractivity contribution in [1.82, 2.24) is 0 Å². The largest absolute Gasteiger partial charge is 0.507 e. The maximum atomic E-state index is 13.0. The number of furan rings is 1. The van der Waals surface area contributed by atoms with E-state index in [0.29, 0.717) is 27.8 Å². The summed E-state index contributed by atoms with van der Waals surface area (Å²) in [5, 5.41) is 11.5. The second kappa shape index (κ2) is 7.72. The SMILES string of the molecule is COc1ccc(/C(O)=C2/C(=O)C(=O)N(c3ccc(Cl)cc3)C2c2ccco2)cc1C. The van der Waals surface area contributed by atoms with Gasteiger partial charge in [-0.1, -0.05) is 11.6 Å². The number of carbonyl (C=O) groups excluding carboxylic acids is 2. The Bertz CT molecular complexity index is 1150. The number of ketones is 1. The van der Waals surface area contributed by atoms with E-state index in [-0.39, 0.29) is 11.3 Å². The molecule has 1 saturated heterocycles. The second-order valence-electron chi connectivity index (χ2n) is 6.85. The molecule has 1 amide bonds. The number of rotatable bonds is 4. The number of aliphatic hydroxyl groups excluding tert-OH is 1. The van der Waals surface area contributed by atoms with Gasteiger partial charge >= 0.3 is 0 Å². The molecule has 30 heavy (non-hydrogen) atoms. The molecule has 6 nitrogen and oxygen atoms in total. The number of amides is 1. The van der Waals surface area contributed by atoms with E-state index in [2.05, 4.69) is 0 Å². The van der Waals surface area contributed by atoms with Crippen LogP contribution in [-0.4, -0.2) is 23.9 Å². The second-order valence-corrected chi connectivity index (χ2v) is 7.28. The van der Waals surface area contributed by atoms with Crippen LogP contribution in [0.5, 0.6) is 5.75 Å². The minimum Gasteiger partial charge on any atom is -0.507 e. The number of ether oxygens (including phenoxy) is 1. The Morgan fingerprint density at radius 2 is 1.87 bits per heavy atom. The van der Waals surface area contributed by atoms with Crippen LogP contribution in [0.25, 0.3) is 5.76 Å². The van der Waals surface area contributed by atoms with Crippen molar-refractivity contribution in [3.05, 3.63) is 88.3 Å². The van der Waals surface area contributed by atoms with Crippen LogP contribution >= 0.6 is 11.6 Å². The van der Waals surface area contributed by atoms with Crippen LogP contribution in [0.1, 0.15) is 22.9 Å². The van der Waals surface area contributed by atoms with Crippen molar-refractivity contribution in [3.8, 4) is 5.75 Å². The molecule has 0 aliphatic carbocycles. The lowest BCUT2D eigenvalue weighted by Gasteiger charge is -2.23. The summed E-state index contributed by atoms with van der Waals surface area (Å²) in [5.41, 5.74) is 1.60. The molecule has 1 fully saturated rings. The molecule has 3 aromatic rings. The van der Waals surface area contributed by atoms with Gasteiger partial charge in [-0.05, 0) is 67.1 Å². The zero-order valence-electron chi connectivity index (χ0n) is 16.3. The summed E-state index contributed by atoms with van der Waals surface area (Å²) >= 11 is 5.97. The molecule has 1 aliphatic heterocycles. The van der Waals surface area contributed by atoms with Crippen molar-refractivity contribution >= 4 is 34.7 Å². The van der Waals surface area contributed by atoms with Gasteiger partial charge in [0.1, 0.15) is 23.3 Å². The molecule has 4 rings (SSSR count). The molecule has 0 bridgehead atoms. The predicted molar refractivity (Wildman–Crippen MR) is 113 cm³/mol. The van der Waals surface area contributed by atoms with Crippen LogP contribution in [0.2, 0.25) is 5.02 Å². The first-order valence-electron chi connectivity index (χ1n) is 9.17. The molecule has 0 saturated carbocycles. The fraction of sp³-hybridized carbons (Fsp3) is 0.130. The maximum Gasteiger partial charge on any atom is 0.300 e. The number of methoxy groups -OCH3 is 1. The first kappa shape index (κ1) is 19.8. The van der Waals surface area contributed by atoms with Gasteiger partial charge in [-0.25, -0.2) is 0 Å². The van der Waals surface area contributed by atoms with Crippen LogP contribution in [0.4, 0.5) is 5.69 Å². The van der Waals surface area contributed by atoms with Crippen LogP contribution in [-0.2, 0) is 9.59 Å². The van der Waals surface area contributed by atoms with E-state index in [9.17, 15) is 14.7 Å². The number of hydrogen-bond acceptors (Lipinski definition) is 5. The minimum atomic E-state index is -0.913. The minimum absolute atomic E-state index is 0.0468. The number of aliphatic hydroxyl groups is 1. The fourth-order valence-corrected chi connectivity index (χ4v) is 3.72. The predicted octanol–water partition coefficient (Wildman–Crippen LogP) is 4.88. The fourth-order valence-electron chi connectivity index (χ4n) is 3.60. The van der Waals surface area contributed by atoms with Gasteiger partial charge in [-0.2, -0.15) is 0 Å². The first-order valence-corrected chi connectivity index (χ1v) is 9.55. The standard InChI is InChI=1S/C23H18ClNO5/c1-13-12-14(5-10-17(13)29-2)21(26)19-20(18-4-3-11-30-18)25(23(28)22(19)27)16-8-6-15(24)7-9-16/h3-12,20,26H,1-2H3/b21-19-. The molecule has 1 N–H and O–H groups in total. The molecule has 2 aromatic carbocycles. The molecule has 1 aromatic heterocycles. The Kier molecular flexibility index (Phi) is 5.10. The number of carbonyl (C=O) groups is 2. The third kappa shape index (κ3) is 3.25. The van der Waals surface area contributed by atoms with Gasteiger partial charge in [0.2, 0.25) is 0 Å². The van der Waals surface area contributed by atoms with E-state index in [1.165, 1.54) is 11.2 Å². The summed E-state index contributed by atoms with van der Waals surface area (Å²) in [6.45, 7) is 1.83. The van der Waals surface area contributed by atoms with Gasteiger partial charge in [-0.3, -0.25) is 14.5 Å². The number of nitrogens with zero attached hydrogens (tertiary/aromatic N) is 1. The van der Waals surface area contributed by atoms with Crippen LogP contribution in [0, 0.1) is 6.92 Å². The summed E-state index contributed by atoms with van der Waals surface area (Å²) in [5.74, 6) is -0.827. The van der Waals surface area contributed by atoms with Crippen molar-refractivity contribution in [1.29, 1.82) is 0 Å². The van der Waals surface area contributed by atoms with Crippen molar-refractivity contribution < 1.29 is 23.8 Å². The summed E-state index contributed by atoms with van der Waals surface area (Å²) in [7, 11) is 1.55. The number of aryl methyl sites for hydroxylation is 1. The van der Waals surface area contributed by atoms with Crippen LogP contribution in [0.15, 0.2) is 70.9 Å². The van der Waals surface area contributed by atoms with E-state index in [4.69, 9.17) is 20.8 Å². The monoisotopic (exact) mass is 423 g/mol. The highest BCUT2D eigenvalue weighted by Crippen LogP contribution is 2.42. The van der Waals surface area contributed by atoms with Gasteiger partial charge < -0.3 is 14.3 Å². The Balaban J connectivity index is 1.90. The third-order valence-corrected chi connectivity index (χ3v) is 5.28. The van der Waals surface area contributed by atoms with E-state index < -0.39 is 17.7 Å². The quantitative estimate of drug-likeness (QED) is 0.367. The highest BCUT2D eigenvalue weighted by molar-refractivity contribution is 6.51. The molecule has 1 aliphatic rings. The van der Waals surface area contributed by atoms with Crippen LogP contribution < -0.4 is 9.64 Å². The van der Waals surface area contributed by atoms with E-state index >= 15 is 0 Å². The van der Waals surface area contributed by atoms with Crippen molar-refractivity contribution in [2.45, 2.75) is 13.0 Å². The molecule has 0 radical (unpaired) electrons. The summed E-state index contributed by atoms with van der Waals surface area (Å²) in [6.07, 6.45) is 1.45. The average Bonchev–Trinajstić information content (AvgIpc) is 3.35. The summed E-state index contributed by atoms with van der Waals surface area (Å²) in [4.78, 5) is 27.2. The molecular weight excluding hydrogens is 406 g/mol. The molecule has 1 unspecified atom stereocenters. The molecule has 7 heteroatoms. The van der Waals surface area contributed by atoms with Gasteiger partial charge in [0, 0.05) is 16.3 Å².